The lowest BCUT2D eigenvalue weighted by atomic mass is 10.1. The van der Waals surface area contributed by atoms with Gasteiger partial charge in [0.05, 0.1) is 16.4 Å². The van der Waals surface area contributed by atoms with Crippen LogP contribution in [0.5, 0.6) is 0 Å². The zero-order valence-corrected chi connectivity index (χ0v) is 11.3. The number of aliphatic hydroxyl groups excluding tert-OH is 1. The molecule has 3 rings (SSSR count). The van der Waals surface area contributed by atoms with Crippen LogP contribution in [0.25, 0.3) is 5.70 Å². The van der Waals surface area contributed by atoms with Gasteiger partial charge in [-0.25, -0.2) is 9.48 Å². The fourth-order valence-electron chi connectivity index (χ4n) is 2.36. The first-order valence-corrected chi connectivity index (χ1v) is 6.36. The van der Waals surface area contributed by atoms with Gasteiger partial charge in [-0.2, -0.15) is 5.10 Å². The molecular formula is C14H11ClN2O3. The van der Waals surface area contributed by atoms with Crippen molar-refractivity contribution in [2.24, 2.45) is 0 Å². The van der Waals surface area contributed by atoms with Gasteiger partial charge in [-0.15, -0.1) is 0 Å². The van der Waals surface area contributed by atoms with E-state index in [1.54, 1.807) is 13.0 Å². The highest BCUT2D eigenvalue weighted by atomic mass is 35.5. The Kier molecular flexibility index (Phi) is 2.88. The van der Waals surface area contributed by atoms with Gasteiger partial charge in [0.1, 0.15) is 6.10 Å². The third kappa shape index (κ3) is 1.75. The maximum absolute atomic E-state index is 11.1. The van der Waals surface area contributed by atoms with Crippen LogP contribution in [0, 0.1) is 6.92 Å². The van der Waals surface area contributed by atoms with Gasteiger partial charge in [-0.3, -0.25) is 0 Å². The van der Waals surface area contributed by atoms with Crippen LogP contribution in [0.4, 0.5) is 0 Å². The molecule has 0 saturated carbocycles. The molecule has 1 unspecified atom stereocenters. The summed E-state index contributed by atoms with van der Waals surface area (Å²) in [5.74, 6) is -1.18. The van der Waals surface area contributed by atoms with E-state index in [0.717, 1.165) is 11.1 Å². The van der Waals surface area contributed by atoms with E-state index < -0.39 is 12.1 Å². The molecule has 5 nitrogen and oxygen atoms in total. The minimum Gasteiger partial charge on any atom is -0.476 e. The average molecular weight is 291 g/mol. The molecule has 1 heterocycles. The fourth-order valence-corrected chi connectivity index (χ4v) is 2.56. The highest BCUT2D eigenvalue weighted by molar-refractivity contribution is 6.34. The molecule has 6 heteroatoms. The molecule has 1 aromatic heterocycles. The van der Waals surface area contributed by atoms with Gasteiger partial charge < -0.3 is 10.2 Å². The van der Waals surface area contributed by atoms with Gasteiger partial charge in [0.25, 0.3) is 0 Å². The summed E-state index contributed by atoms with van der Waals surface area (Å²) in [4.78, 5) is 11.1. The van der Waals surface area contributed by atoms with Crippen LogP contribution >= 0.6 is 11.6 Å². The molecule has 0 aliphatic heterocycles. The highest BCUT2D eigenvalue weighted by Crippen LogP contribution is 2.36. The number of carbonyl (C=O) groups is 1. The summed E-state index contributed by atoms with van der Waals surface area (Å²) in [5.41, 5.74) is 2.56. The Balaban J connectivity index is 2.19. The Morgan fingerprint density at radius 3 is 2.75 bits per heavy atom. The molecule has 1 atom stereocenters. The van der Waals surface area contributed by atoms with E-state index in [0.29, 0.717) is 11.4 Å². The second kappa shape index (κ2) is 4.47. The number of fused-ring (bicyclic) bond motifs is 1. The molecule has 0 saturated heterocycles. The van der Waals surface area contributed by atoms with Crippen molar-refractivity contribution in [1.29, 1.82) is 0 Å². The number of carboxylic acid groups (broad SMARTS) is 1. The number of aromatic nitrogens is 2. The zero-order chi connectivity index (χ0) is 14.4. The number of aliphatic hydroxyl groups is 1. The van der Waals surface area contributed by atoms with Crippen LogP contribution in [0.15, 0.2) is 30.3 Å². The minimum absolute atomic E-state index is 0.109. The molecule has 1 aliphatic rings. The minimum atomic E-state index is -1.18. The van der Waals surface area contributed by atoms with Gasteiger partial charge in [-0.05, 0) is 18.6 Å². The van der Waals surface area contributed by atoms with Gasteiger partial charge in [0, 0.05) is 5.56 Å². The van der Waals surface area contributed by atoms with Crippen molar-refractivity contribution in [3.05, 3.63) is 57.9 Å². The Morgan fingerprint density at radius 1 is 1.40 bits per heavy atom. The number of aromatic carboxylic acids is 1. The normalized spacial score (nSPS) is 16.9. The van der Waals surface area contributed by atoms with E-state index in [2.05, 4.69) is 5.10 Å². The van der Waals surface area contributed by atoms with Gasteiger partial charge >= 0.3 is 5.97 Å². The van der Waals surface area contributed by atoms with E-state index in [9.17, 15) is 9.90 Å². The second-order valence-electron chi connectivity index (χ2n) is 4.55. The van der Waals surface area contributed by atoms with E-state index in [-0.39, 0.29) is 10.7 Å². The van der Waals surface area contributed by atoms with Crippen molar-refractivity contribution in [2.45, 2.75) is 13.0 Å². The molecule has 102 valence electrons. The maximum Gasteiger partial charge on any atom is 0.358 e. The summed E-state index contributed by atoms with van der Waals surface area (Å²) in [6.07, 6.45) is 0.906. The third-order valence-electron chi connectivity index (χ3n) is 3.35. The number of benzene rings is 1. The molecular weight excluding hydrogens is 280 g/mol. The average Bonchev–Trinajstić information content (AvgIpc) is 2.90. The predicted octanol–water partition coefficient (Wildman–Crippen LogP) is 2.48. The lowest BCUT2D eigenvalue weighted by molar-refractivity contribution is 0.0690. The number of carboxylic acids is 1. The summed E-state index contributed by atoms with van der Waals surface area (Å²) in [5, 5.41) is 23.2. The standard InChI is InChI=1S/C14H11ClN2O3/c1-7-12(15)13(14(19)20)16-17(7)10-6-11(18)9-5-3-2-4-8(9)10/h2-6,11,18H,1H3,(H,19,20). The van der Waals surface area contributed by atoms with E-state index >= 15 is 0 Å². The molecule has 2 aromatic rings. The number of halogens is 1. The summed E-state index contributed by atoms with van der Waals surface area (Å²) in [6.45, 7) is 1.69. The van der Waals surface area contributed by atoms with Gasteiger partial charge in [-0.1, -0.05) is 35.9 Å². The summed E-state index contributed by atoms with van der Waals surface area (Å²) in [7, 11) is 0. The highest BCUT2D eigenvalue weighted by Gasteiger charge is 2.26. The molecule has 0 amide bonds. The molecule has 1 aliphatic carbocycles. The van der Waals surface area contributed by atoms with Crippen molar-refractivity contribution >= 4 is 23.3 Å². The smallest absolute Gasteiger partial charge is 0.358 e. The third-order valence-corrected chi connectivity index (χ3v) is 3.80. The van der Waals surface area contributed by atoms with Gasteiger partial charge in [0.2, 0.25) is 0 Å². The topological polar surface area (TPSA) is 75.3 Å². The molecule has 0 bridgehead atoms. The van der Waals surface area contributed by atoms with Crippen LogP contribution in [0.2, 0.25) is 5.02 Å². The van der Waals surface area contributed by atoms with Crippen molar-refractivity contribution in [3.63, 3.8) is 0 Å². The SMILES string of the molecule is Cc1c(Cl)c(C(=O)O)nn1C1=CC(O)c2ccccc21. The molecule has 0 spiro atoms. The molecule has 0 radical (unpaired) electrons. The van der Waals surface area contributed by atoms with Crippen LogP contribution in [-0.4, -0.2) is 26.0 Å². The molecule has 2 N–H and O–H groups in total. The maximum atomic E-state index is 11.1. The Labute approximate surface area is 119 Å². The van der Waals surface area contributed by atoms with Gasteiger partial charge in [0.15, 0.2) is 5.69 Å². The summed E-state index contributed by atoms with van der Waals surface area (Å²) >= 11 is 6.00. The largest absolute Gasteiger partial charge is 0.476 e. The molecule has 20 heavy (non-hydrogen) atoms. The lowest BCUT2D eigenvalue weighted by Crippen LogP contribution is -2.04. The van der Waals surface area contributed by atoms with Crippen molar-refractivity contribution in [1.82, 2.24) is 9.78 Å². The van der Waals surface area contributed by atoms with E-state index in [1.807, 2.05) is 24.3 Å². The first-order chi connectivity index (χ1) is 9.50. The Hall–Kier alpha value is -2.11. The van der Waals surface area contributed by atoms with Crippen LogP contribution in [0.3, 0.4) is 0 Å². The van der Waals surface area contributed by atoms with Crippen molar-refractivity contribution in [2.75, 3.05) is 0 Å². The first kappa shape index (κ1) is 12.9. The molecule has 0 fully saturated rings. The zero-order valence-electron chi connectivity index (χ0n) is 10.5. The first-order valence-electron chi connectivity index (χ1n) is 5.98. The number of hydrogen-bond acceptors (Lipinski definition) is 3. The molecule has 1 aromatic carbocycles. The number of nitrogens with zero attached hydrogens (tertiary/aromatic N) is 2. The quantitative estimate of drug-likeness (QED) is 0.891. The van der Waals surface area contributed by atoms with Crippen LogP contribution < -0.4 is 0 Å². The fraction of sp³-hybridized carbons (Fsp3) is 0.143. The summed E-state index contributed by atoms with van der Waals surface area (Å²) < 4.78 is 1.46. The van der Waals surface area contributed by atoms with Crippen molar-refractivity contribution < 1.29 is 15.0 Å². The second-order valence-corrected chi connectivity index (χ2v) is 4.93. The lowest BCUT2D eigenvalue weighted by Gasteiger charge is -2.07. The van der Waals surface area contributed by atoms with Crippen molar-refractivity contribution in [3.8, 4) is 0 Å². The van der Waals surface area contributed by atoms with Crippen LogP contribution in [-0.2, 0) is 0 Å². The number of hydrogen-bond donors (Lipinski definition) is 2. The number of rotatable bonds is 2. The summed E-state index contributed by atoms with van der Waals surface area (Å²) in [6, 6.07) is 7.36. The predicted molar refractivity (Wildman–Crippen MR) is 73.7 cm³/mol. The van der Waals surface area contributed by atoms with Crippen LogP contribution in [0.1, 0.15) is 33.4 Å². The van der Waals surface area contributed by atoms with E-state index in [4.69, 9.17) is 16.7 Å². The monoisotopic (exact) mass is 290 g/mol. The van der Waals surface area contributed by atoms with E-state index in [1.165, 1.54) is 4.68 Å². The Bertz CT molecular complexity index is 749. The Morgan fingerprint density at radius 2 is 2.10 bits per heavy atom.